The summed E-state index contributed by atoms with van der Waals surface area (Å²) >= 11 is 0. The predicted molar refractivity (Wildman–Crippen MR) is 98.9 cm³/mol. The molecule has 23 heavy (non-hydrogen) atoms. The van der Waals surface area contributed by atoms with E-state index in [1.165, 1.54) is 5.56 Å². The Bertz CT molecular complexity index is 507. The number of carbonyl (C=O) groups is 1. The van der Waals surface area contributed by atoms with E-state index in [-0.39, 0.29) is 41.7 Å². The number of halogens is 1. The summed E-state index contributed by atoms with van der Waals surface area (Å²) in [5.41, 5.74) is 8.61. The van der Waals surface area contributed by atoms with Crippen LogP contribution in [-0.2, 0) is 10.2 Å². The SMILES string of the molecule is CC(NC(=O)C1CCCC(N)C1)c1ccc(C(C)(C)C)cc1.Cl. The fraction of sp³-hybridized carbons (Fsp3) is 0.632. The van der Waals surface area contributed by atoms with Crippen molar-refractivity contribution in [1.29, 1.82) is 0 Å². The highest BCUT2D eigenvalue weighted by Gasteiger charge is 2.26. The highest BCUT2D eigenvalue weighted by Crippen LogP contribution is 2.26. The lowest BCUT2D eigenvalue weighted by atomic mass is 9.85. The summed E-state index contributed by atoms with van der Waals surface area (Å²) in [6.45, 7) is 8.67. The first kappa shape index (κ1) is 20.0. The first-order valence-corrected chi connectivity index (χ1v) is 8.44. The van der Waals surface area contributed by atoms with Gasteiger partial charge in [0, 0.05) is 12.0 Å². The van der Waals surface area contributed by atoms with E-state index in [9.17, 15) is 4.79 Å². The average molecular weight is 339 g/mol. The van der Waals surface area contributed by atoms with Crippen molar-refractivity contribution in [1.82, 2.24) is 5.32 Å². The molecule has 3 N–H and O–H groups in total. The van der Waals surface area contributed by atoms with Crippen LogP contribution in [-0.4, -0.2) is 11.9 Å². The molecule has 1 saturated carbocycles. The molecule has 2 rings (SSSR count). The number of amides is 1. The van der Waals surface area contributed by atoms with Crippen LogP contribution in [0.5, 0.6) is 0 Å². The van der Waals surface area contributed by atoms with Crippen LogP contribution in [0.2, 0.25) is 0 Å². The van der Waals surface area contributed by atoms with Crippen molar-refractivity contribution in [2.75, 3.05) is 0 Å². The van der Waals surface area contributed by atoms with Crippen LogP contribution in [0.3, 0.4) is 0 Å². The molecule has 1 amide bonds. The number of nitrogens with one attached hydrogen (secondary N) is 1. The molecular weight excluding hydrogens is 308 g/mol. The van der Waals surface area contributed by atoms with E-state index < -0.39 is 0 Å². The summed E-state index contributed by atoms with van der Waals surface area (Å²) in [6, 6.07) is 8.80. The molecule has 0 spiro atoms. The second kappa shape index (κ2) is 8.16. The largest absolute Gasteiger partial charge is 0.349 e. The zero-order chi connectivity index (χ0) is 16.3. The van der Waals surface area contributed by atoms with Gasteiger partial charge in [-0.2, -0.15) is 0 Å². The number of rotatable bonds is 3. The second-order valence-corrected chi connectivity index (χ2v) is 7.73. The third kappa shape index (κ3) is 5.50. The quantitative estimate of drug-likeness (QED) is 0.871. The summed E-state index contributed by atoms with van der Waals surface area (Å²) in [5.74, 6) is 0.239. The van der Waals surface area contributed by atoms with Gasteiger partial charge in [0.1, 0.15) is 0 Å². The lowest BCUT2D eigenvalue weighted by Gasteiger charge is -2.27. The molecule has 1 aliphatic rings. The highest BCUT2D eigenvalue weighted by molar-refractivity contribution is 5.85. The Morgan fingerprint density at radius 1 is 1.22 bits per heavy atom. The first-order chi connectivity index (χ1) is 10.3. The van der Waals surface area contributed by atoms with Crippen LogP contribution in [0.15, 0.2) is 24.3 Å². The van der Waals surface area contributed by atoms with Gasteiger partial charge >= 0.3 is 0 Å². The molecule has 3 atom stereocenters. The molecule has 3 nitrogen and oxygen atoms in total. The van der Waals surface area contributed by atoms with E-state index in [0.29, 0.717) is 0 Å². The van der Waals surface area contributed by atoms with Crippen molar-refractivity contribution in [3.05, 3.63) is 35.4 Å². The zero-order valence-corrected chi connectivity index (χ0v) is 15.6. The molecule has 4 heteroatoms. The predicted octanol–water partition coefficient (Wildman–Crippen LogP) is 4.10. The Morgan fingerprint density at radius 2 is 1.83 bits per heavy atom. The number of carbonyl (C=O) groups excluding carboxylic acids is 1. The maximum absolute atomic E-state index is 12.4. The summed E-state index contributed by atoms with van der Waals surface area (Å²) in [4.78, 5) is 12.4. The molecule has 0 heterocycles. The number of hydrogen-bond acceptors (Lipinski definition) is 2. The molecule has 130 valence electrons. The molecule has 1 aliphatic carbocycles. The highest BCUT2D eigenvalue weighted by atomic mass is 35.5. The van der Waals surface area contributed by atoms with Crippen molar-refractivity contribution in [2.45, 2.75) is 70.9 Å². The maximum atomic E-state index is 12.4. The molecular formula is C19H31ClN2O. The van der Waals surface area contributed by atoms with Crippen LogP contribution in [0.25, 0.3) is 0 Å². The van der Waals surface area contributed by atoms with E-state index >= 15 is 0 Å². The smallest absolute Gasteiger partial charge is 0.223 e. The van der Waals surface area contributed by atoms with Gasteiger partial charge in [-0.05, 0) is 42.7 Å². The molecule has 0 bridgehead atoms. The first-order valence-electron chi connectivity index (χ1n) is 8.44. The Kier molecular flexibility index (Phi) is 7.09. The van der Waals surface area contributed by atoms with Gasteiger partial charge in [0.05, 0.1) is 6.04 Å². The van der Waals surface area contributed by atoms with Gasteiger partial charge in [-0.25, -0.2) is 0 Å². The fourth-order valence-electron chi connectivity index (χ4n) is 3.15. The van der Waals surface area contributed by atoms with E-state index in [4.69, 9.17) is 5.73 Å². The summed E-state index contributed by atoms with van der Waals surface area (Å²) in [7, 11) is 0. The van der Waals surface area contributed by atoms with Gasteiger partial charge in [-0.1, -0.05) is 51.5 Å². The van der Waals surface area contributed by atoms with Crippen molar-refractivity contribution in [3.8, 4) is 0 Å². The molecule has 1 aromatic carbocycles. The molecule has 0 saturated heterocycles. The standard InChI is InChI=1S/C19H30N2O.ClH/c1-13(14-8-10-16(11-9-14)19(2,3)4)21-18(22)15-6-5-7-17(20)12-15;/h8-11,13,15,17H,5-7,12,20H2,1-4H3,(H,21,22);1H. The van der Waals surface area contributed by atoms with E-state index in [0.717, 1.165) is 31.2 Å². The van der Waals surface area contributed by atoms with Gasteiger partial charge in [0.15, 0.2) is 0 Å². The molecule has 0 radical (unpaired) electrons. The topological polar surface area (TPSA) is 55.1 Å². The third-order valence-corrected chi connectivity index (χ3v) is 4.72. The summed E-state index contributed by atoms with van der Waals surface area (Å²) in [5, 5.41) is 3.15. The van der Waals surface area contributed by atoms with Gasteiger partial charge < -0.3 is 11.1 Å². The van der Waals surface area contributed by atoms with E-state index in [2.05, 4.69) is 50.4 Å². The van der Waals surface area contributed by atoms with Crippen LogP contribution >= 0.6 is 12.4 Å². The van der Waals surface area contributed by atoms with Crippen LogP contribution < -0.4 is 11.1 Å². The van der Waals surface area contributed by atoms with Gasteiger partial charge in [-0.15, -0.1) is 12.4 Å². The Hall–Kier alpha value is -1.06. The molecule has 3 unspecified atom stereocenters. The minimum absolute atomic E-state index is 0. The van der Waals surface area contributed by atoms with Gasteiger partial charge in [0.2, 0.25) is 5.91 Å². The van der Waals surface area contributed by atoms with E-state index in [1.54, 1.807) is 0 Å². The van der Waals surface area contributed by atoms with Crippen LogP contribution in [0.1, 0.15) is 70.5 Å². The van der Waals surface area contributed by atoms with Crippen molar-refractivity contribution in [3.63, 3.8) is 0 Å². The molecule has 1 aromatic rings. The Labute approximate surface area is 146 Å². The minimum atomic E-state index is 0. The maximum Gasteiger partial charge on any atom is 0.223 e. The zero-order valence-electron chi connectivity index (χ0n) is 14.8. The molecule has 0 aromatic heterocycles. The minimum Gasteiger partial charge on any atom is -0.349 e. The third-order valence-electron chi connectivity index (χ3n) is 4.72. The second-order valence-electron chi connectivity index (χ2n) is 7.73. The number of benzene rings is 1. The number of hydrogen-bond donors (Lipinski definition) is 2. The fourth-order valence-corrected chi connectivity index (χ4v) is 3.15. The van der Waals surface area contributed by atoms with Crippen molar-refractivity contribution >= 4 is 18.3 Å². The lowest BCUT2D eigenvalue weighted by molar-refractivity contribution is -0.126. The van der Waals surface area contributed by atoms with Gasteiger partial charge in [-0.3, -0.25) is 4.79 Å². The van der Waals surface area contributed by atoms with Crippen molar-refractivity contribution in [2.24, 2.45) is 11.7 Å². The van der Waals surface area contributed by atoms with Crippen LogP contribution in [0, 0.1) is 5.92 Å². The van der Waals surface area contributed by atoms with Crippen LogP contribution in [0.4, 0.5) is 0 Å². The van der Waals surface area contributed by atoms with Crippen molar-refractivity contribution < 1.29 is 4.79 Å². The Morgan fingerprint density at radius 3 is 2.35 bits per heavy atom. The molecule has 0 aliphatic heterocycles. The number of nitrogens with two attached hydrogens (primary N) is 1. The summed E-state index contributed by atoms with van der Waals surface area (Å²) < 4.78 is 0. The average Bonchev–Trinajstić information content (AvgIpc) is 2.46. The Balaban J connectivity index is 0.00000264. The molecule has 1 fully saturated rings. The normalized spacial score (nSPS) is 22.8. The summed E-state index contributed by atoms with van der Waals surface area (Å²) in [6.07, 6.45) is 3.90. The van der Waals surface area contributed by atoms with E-state index in [1.807, 2.05) is 6.92 Å². The lowest BCUT2D eigenvalue weighted by Crippen LogP contribution is -2.38. The monoisotopic (exact) mass is 338 g/mol. The van der Waals surface area contributed by atoms with Gasteiger partial charge in [0.25, 0.3) is 0 Å².